The Kier molecular flexibility index (Phi) is 5.08. The van der Waals surface area contributed by atoms with E-state index in [2.05, 4.69) is 5.32 Å². The fourth-order valence-electron chi connectivity index (χ4n) is 0.933. The third-order valence-electron chi connectivity index (χ3n) is 1.60. The van der Waals surface area contributed by atoms with Crippen molar-refractivity contribution in [2.24, 2.45) is 0 Å². The third kappa shape index (κ3) is 4.20. The molecule has 0 spiro atoms. The summed E-state index contributed by atoms with van der Waals surface area (Å²) < 4.78 is 0.498. The molecule has 0 aliphatic rings. The molecule has 5 heteroatoms. The van der Waals surface area contributed by atoms with Gasteiger partial charge in [-0.2, -0.15) is 0 Å². The highest BCUT2D eigenvalue weighted by molar-refractivity contribution is 8.23. The quantitative estimate of drug-likeness (QED) is 0.828. The molecule has 0 unspecified atom stereocenters. The number of carbonyl (C=O) groups is 1. The van der Waals surface area contributed by atoms with Crippen LogP contribution in [-0.4, -0.2) is 16.0 Å². The van der Waals surface area contributed by atoms with E-state index >= 15 is 0 Å². The lowest BCUT2D eigenvalue weighted by molar-refractivity contribution is 0.0978. The Bertz CT molecular complexity index is 364. The maximum Gasteiger partial charge on any atom is 0.256 e. The number of halogens is 1. The van der Waals surface area contributed by atoms with Crippen LogP contribution in [0.15, 0.2) is 24.3 Å². The van der Waals surface area contributed by atoms with Crippen LogP contribution in [0, 0.1) is 0 Å². The Morgan fingerprint density at radius 2 is 2.07 bits per heavy atom. The number of thioether (sulfide) groups is 1. The van der Waals surface area contributed by atoms with Crippen LogP contribution >= 0.6 is 35.6 Å². The summed E-state index contributed by atoms with van der Waals surface area (Å²) in [6, 6.07) is 6.67. The van der Waals surface area contributed by atoms with Gasteiger partial charge in [-0.25, -0.2) is 0 Å². The van der Waals surface area contributed by atoms with E-state index in [1.165, 1.54) is 11.8 Å². The summed E-state index contributed by atoms with van der Waals surface area (Å²) in [5.74, 6) is 0.650. The number of carbonyl (C=O) groups excluding carboxylic acids is 1. The molecule has 1 rings (SSSR count). The van der Waals surface area contributed by atoms with Gasteiger partial charge < -0.3 is 5.32 Å². The van der Waals surface area contributed by atoms with E-state index in [9.17, 15) is 4.79 Å². The lowest BCUT2D eigenvalue weighted by atomic mass is 10.2. The molecule has 0 atom stereocenters. The first-order valence-corrected chi connectivity index (χ1v) is 6.14. The van der Waals surface area contributed by atoms with E-state index in [1.807, 2.05) is 6.92 Å². The second-order valence-corrected chi connectivity index (χ2v) is 5.06. The monoisotopic (exact) mass is 259 g/mol. The molecule has 1 N–H and O–H groups in total. The van der Waals surface area contributed by atoms with Crippen LogP contribution in [0.3, 0.4) is 0 Å². The summed E-state index contributed by atoms with van der Waals surface area (Å²) in [4.78, 5) is 11.6. The number of rotatable bonds is 2. The van der Waals surface area contributed by atoms with Gasteiger partial charge in [0.25, 0.3) is 5.91 Å². The van der Waals surface area contributed by atoms with Gasteiger partial charge in [-0.05, 0) is 30.0 Å². The fraction of sp³-hybridized carbons (Fsp3) is 0.200. The minimum Gasteiger partial charge on any atom is -0.308 e. The molecule has 0 saturated carbocycles. The van der Waals surface area contributed by atoms with Crippen LogP contribution in [0.5, 0.6) is 0 Å². The standard InChI is InChI=1S/C10H10ClNOS2/c1-2-15-10(14)12-9(13)7-3-5-8(11)6-4-7/h3-6H,2H2,1H3,(H,12,13,14). The number of hydrogen-bond donors (Lipinski definition) is 1. The van der Waals surface area contributed by atoms with Gasteiger partial charge in [-0.15, -0.1) is 0 Å². The highest BCUT2D eigenvalue weighted by Gasteiger charge is 2.06. The largest absolute Gasteiger partial charge is 0.308 e. The predicted molar refractivity (Wildman–Crippen MR) is 69.6 cm³/mol. The molecule has 1 aromatic carbocycles. The van der Waals surface area contributed by atoms with Gasteiger partial charge in [-0.1, -0.05) is 42.5 Å². The van der Waals surface area contributed by atoms with Crippen molar-refractivity contribution < 1.29 is 4.79 Å². The first kappa shape index (κ1) is 12.5. The van der Waals surface area contributed by atoms with Crippen LogP contribution < -0.4 is 5.32 Å². The van der Waals surface area contributed by atoms with Gasteiger partial charge in [0.05, 0.1) is 0 Å². The van der Waals surface area contributed by atoms with Gasteiger partial charge in [0.1, 0.15) is 4.32 Å². The van der Waals surface area contributed by atoms with Crippen LogP contribution in [0.2, 0.25) is 5.02 Å². The summed E-state index contributed by atoms with van der Waals surface area (Å²) in [5.41, 5.74) is 0.554. The summed E-state index contributed by atoms with van der Waals surface area (Å²) >= 11 is 12.1. The van der Waals surface area contributed by atoms with E-state index in [0.717, 1.165) is 5.75 Å². The van der Waals surface area contributed by atoms with Crippen molar-refractivity contribution in [2.75, 3.05) is 5.75 Å². The number of thiocarbonyl (C=S) groups is 1. The molecule has 0 aliphatic heterocycles. The van der Waals surface area contributed by atoms with Gasteiger partial charge in [-0.3, -0.25) is 4.79 Å². The predicted octanol–water partition coefficient (Wildman–Crippen LogP) is 3.11. The first-order valence-electron chi connectivity index (χ1n) is 4.37. The van der Waals surface area contributed by atoms with Crippen LogP contribution in [0.1, 0.15) is 17.3 Å². The van der Waals surface area contributed by atoms with E-state index in [1.54, 1.807) is 24.3 Å². The molecule has 0 radical (unpaired) electrons. The van der Waals surface area contributed by atoms with Crippen LogP contribution in [-0.2, 0) is 0 Å². The van der Waals surface area contributed by atoms with E-state index in [-0.39, 0.29) is 5.91 Å². The Hall–Kier alpha value is -0.580. The highest BCUT2D eigenvalue weighted by atomic mass is 35.5. The summed E-state index contributed by atoms with van der Waals surface area (Å²) in [6.45, 7) is 1.98. The van der Waals surface area contributed by atoms with Crippen molar-refractivity contribution in [3.05, 3.63) is 34.9 Å². The number of nitrogens with one attached hydrogen (secondary N) is 1. The van der Waals surface area contributed by atoms with E-state index in [0.29, 0.717) is 14.9 Å². The summed E-state index contributed by atoms with van der Waals surface area (Å²) in [5, 5.41) is 3.24. The Morgan fingerprint density at radius 1 is 1.47 bits per heavy atom. The molecule has 80 valence electrons. The zero-order valence-corrected chi connectivity index (χ0v) is 10.5. The number of benzene rings is 1. The smallest absolute Gasteiger partial charge is 0.256 e. The molecule has 2 nitrogen and oxygen atoms in total. The molecule has 0 fully saturated rings. The maximum atomic E-state index is 11.6. The Morgan fingerprint density at radius 3 is 2.60 bits per heavy atom. The molecule has 0 bridgehead atoms. The molecule has 1 aromatic rings. The second kappa shape index (κ2) is 6.10. The van der Waals surface area contributed by atoms with Gasteiger partial charge >= 0.3 is 0 Å². The van der Waals surface area contributed by atoms with Crippen LogP contribution in [0.4, 0.5) is 0 Å². The molecule has 0 saturated heterocycles. The molecular weight excluding hydrogens is 250 g/mol. The average Bonchev–Trinajstić information content (AvgIpc) is 2.18. The summed E-state index contributed by atoms with van der Waals surface area (Å²) in [6.07, 6.45) is 0. The molecular formula is C10H10ClNOS2. The second-order valence-electron chi connectivity index (χ2n) is 2.68. The van der Waals surface area contributed by atoms with Crippen molar-refractivity contribution in [1.29, 1.82) is 0 Å². The first-order chi connectivity index (χ1) is 7.13. The van der Waals surface area contributed by atoms with E-state index in [4.69, 9.17) is 23.8 Å². The SMILES string of the molecule is CCSC(=S)NC(=O)c1ccc(Cl)cc1. The molecule has 1 amide bonds. The minimum absolute atomic E-state index is 0.197. The topological polar surface area (TPSA) is 29.1 Å². The lowest BCUT2D eigenvalue weighted by Gasteiger charge is -2.04. The van der Waals surface area contributed by atoms with Crippen LogP contribution in [0.25, 0.3) is 0 Å². The van der Waals surface area contributed by atoms with E-state index < -0.39 is 0 Å². The van der Waals surface area contributed by atoms with Crippen molar-refractivity contribution in [1.82, 2.24) is 5.32 Å². The zero-order valence-electron chi connectivity index (χ0n) is 8.12. The Balaban J connectivity index is 2.61. The fourth-order valence-corrected chi connectivity index (χ4v) is 1.93. The van der Waals surface area contributed by atoms with Gasteiger partial charge in [0, 0.05) is 10.6 Å². The lowest BCUT2D eigenvalue weighted by Crippen LogP contribution is -2.26. The molecule has 0 heterocycles. The highest BCUT2D eigenvalue weighted by Crippen LogP contribution is 2.10. The normalized spacial score (nSPS) is 9.73. The number of amides is 1. The molecule has 0 aromatic heterocycles. The van der Waals surface area contributed by atoms with Gasteiger partial charge in [0.2, 0.25) is 0 Å². The van der Waals surface area contributed by atoms with Crippen molar-refractivity contribution >= 4 is 45.8 Å². The maximum absolute atomic E-state index is 11.6. The Labute approximate surface area is 103 Å². The molecule has 0 aliphatic carbocycles. The minimum atomic E-state index is -0.197. The zero-order chi connectivity index (χ0) is 11.3. The van der Waals surface area contributed by atoms with Crippen molar-refractivity contribution in [2.45, 2.75) is 6.92 Å². The third-order valence-corrected chi connectivity index (χ3v) is 2.96. The molecule has 15 heavy (non-hydrogen) atoms. The average molecular weight is 260 g/mol. The van der Waals surface area contributed by atoms with Crippen molar-refractivity contribution in [3.8, 4) is 0 Å². The summed E-state index contributed by atoms with van der Waals surface area (Å²) in [7, 11) is 0. The van der Waals surface area contributed by atoms with Crippen molar-refractivity contribution in [3.63, 3.8) is 0 Å². The van der Waals surface area contributed by atoms with Gasteiger partial charge in [0.15, 0.2) is 0 Å². The number of hydrogen-bond acceptors (Lipinski definition) is 3.